The third kappa shape index (κ3) is 4.95. The largest absolute Gasteiger partial charge is 0.463 e. The maximum absolute atomic E-state index is 13.1. The Hall–Kier alpha value is -3.30. The summed E-state index contributed by atoms with van der Waals surface area (Å²) in [5.41, 5.74) is 1.64. The van der Waals surface area contributed by atoms with Gasteiger partial charge in [0, 0.05) is 50.5 Å². The Kier molecular flexibility index (Phi) is 7.23. The Morgan fingerprint density at radius 1 is 1.18 bits per heavy atom. The second-order valence-corrected chi connectivity index (χ2v) is 8.56. The number of rotatable bonds is 6. The molecule has 0 aliphatic carbocycles. The molecule has 2 aliphatic heterocycles. The zero-order valence-electron chi connectivity index (χ0n) is 19.1. The van der Waals surface area contributed by atoms with Crippen LogP contribution < -0.4 is 5.32 Å². The van der Waals surface area contributed by atoms with E-state index in [2.05, 4.69) is 10.2 Å². The highest BCUT2D eigenvalue weighted by Gasteiger charge is 2.38. The van der Waals surface area contributed by atoms with Crippen LogP contribution in [0.15, 0.2) is 58.3 Å². The fourth-order valence-corrected chi connectivity index (χ4v) is 4.41. The summed E-state index contributed by atoms with van der Waals surface area (Å²) in [6, 6.07) is 9.40. The number of benzene rings is 1. The van der Waals surface area contributed by atoms with Crippen LogP contribution in [-0.2, 0) is 9.53 Å². The van der Waals surface area contributed by atoms with Crippen LogP contribution in [0.3, 0.4) is 0 Å². The van der Waals surface area contributed by atoms with E-state index in [1.807, 2.05) is 6.07 Å². The Morgan fingerprint density at radius 2 is 1.94 bits per heavy atom. The van der Waals surface area contributed by atoms with Gasteiger partial charge in [-0.15, -0.1) is 0 Å². The van der Waals surface area contributed by atoms with Crippen molar-refractivity contribution in [3.8, 4) is 0 Å². The highest BCUT2D eigenvalue weighted by atomic mass is 35.5. The molecular formula is C24H27ClN4O5. The third-order valence-corrected chi connectivity index (χ3v) is 6.25. The van der Waals surface area contributed by atoms with Crippen LogP contribution in [0.2, 0.25) is 5.02 Å². The minimum atomic E-state index is -0.682. The molecule has 1 aromatic carbocycles. The molecule has 0 radical (unpaired) electrons. The Labute approximate surface area is 202 Å². The summed E-state index contributed by atoms with van der Waals surface area (Å²) >= 11 is 6.18. The standard InChI is InChI=1S/C24H27ClN4O5/c1-3-33-23(31)20-18(27(2)24(32)26-21(20)16-6-4-7-17(25)14-16)15-28-9-11-29(12-10-28)22(30)19-8-5-13-34-19/h4-8,13-14,21H,3,9-12,15H2,1-2H3,(H,26,32). The lowest BCUT2D eigenvalue weighted by Crippen LogP contribution is -2.53. The van der Waals surface area contributed by atoms with Gasteiger partial charge in [-0.2, -0.15) is 0 Å². The van der Waals surface area contributed by atoms with E-state index >= 15 is 0 Å². The molecule has 10 heteroatoms. The number of esters is 1. The number of carbonyl (C=O) groups excluding carboxylic acids is 3. The summed E-state index contributed by atoms with van der Waals surface area (Å²) in [6.45, 7) is 4.50. The summed E-state index contributed by atoms with van der Waals surface area (Å²) < 4.78 is 10.6. The van der Waals surface area contributed by atoms with Gasteiger partial charge >= 0.3 is 12.0 Å². The van der Waals surface area contributed by atoms with Crippen molar-refractivity contribution in [1.29, 1.82) is 0 Å². The molecule has 1 atom stereocenters. The first-order valence-electron chi connectivity index (χ1n) is 11.1. The number of urea groups is 1. The van der Waals surface area contributed by atoms with Gasteiger partial charge in [-0.1, -0.05) is 23.7 Å². The number of carbonyl (C=O) groups is 3. The molecule has 1 N–H and O–H groups in total. The van der Waals surface area contributed by atoms with Crippen LogP contribution in [-0.4, -0.2) is 79.0 Å². The quantitative estimate of drug-likeness (QED) is 0.631. The molecule has 180 valence electrons. The first-order valence-corrected chi connectivity index (χ1v) is 11.5. The Balaban J connectivity index is 1.58. The maximum Gasteiger partial charge on any atom is 0.338 e. The normalized spacial score (nSPS) is 19.3. The number of furan rings is 1. The van der Waals surface area contributed by atoms with Gasteiger partial charge in [-0.05, 0) is 36.8 Å². The van der Waals surface area contributed by atoms with Crippen molar-refractivity contribution < 1.29 is 23.5 Å². The van der Waals surface area contributed by atoms with Crippen molar-refractivity contribution in [2.75, 3.05) is 46.4 Å². The van der Waals surface area contributed by atoms with Crippen LogP contribution in [0, 0.1) is 0 Å². The van der Waals surface area contributed by atoms with Crippen molar-refractivity contribution in [1.82, 2.24) is 20.0 Å². The van der Waals surface area contributed by atoms with Crippen molar-refractivity contribution in [3.63, 3.8) is 0 Å². The molecule has 9 nitrogen and oxygen atoms in total. The molecule has 2 aliphatic rings. The van der Waals surface area contributed by atoms with Crippen LogP contribution in [0.5, 0.6) is 0 Å². The second-order valence-electron chi connectivity index (χ2n) is 8.12. The van der Waals surface area contributed by atoms with E-state index in [-0.39, 0.29) is 18.5 Å². The van der Waals surface area contributed by atoms with Crippen molar-refractivity contribution in [2.24, 2.45) is 0 Å². The van der Waals surface area contributed by atoms with Gasteiger partial charge in [0.2, 0.25) is 0 Å². The Bertz CT molecular complexity index is 1090. The monoisotopic (exact) mass is 486 g/mol. The number of hydrogen-bond acceptors (Lipinski definition) is 6. The van der Waals surface area contributed by atoms with Crippen molar-refractivity contribution >= 4 is 29.5 Å². The zero-order valence-corrected chi connectivity index (χ0v) is 19.9. The lowest BCUT2D eigenvalue weighted by Gasteiger charge is -2.39. The van der Waals surface area contributed by atoms with Crippen LogP contribution >= 0.6 is 11.6 Å². The average Bonchev–Trinajstić information content (AvgIpc) is 3.37. The van der Waals surface area contributed by atoms with Gasteiger partial charge < -0.3 is 19.4 Å². The minimum Gasteiger partial charge on any atom is -0.463 e. The summed E-state index contributed by atoms with van der Waals surface area (Å²) in [6.07, 6.45) is 1.48. The number of halogens is 1. The number of likely N-dealkylation sites (N-methyl/N-ethyl adjacent to an activating group) is 1. The summed E-state index contributed by atoms with van der Waals surface area (Å²) in [4.78, 5) is 43.8. The van der Waals surface area contributed by atoms with E-state index in [0.29, 0.717) is 60.3 Å². The molecular weight excluding hydrogens is 460 g/mol. The van der Waals surface area contributed by atoms with E-state index < -0.39 is 12.0 Å². The van der Waals surface area contributed by atoms with Gasteiger partial charge in [-0.25, -0.2) is 9.59 Å². The third-order valence-electron chi connectivity index (χ3n) is 6.02. The molecule has 3 heterocycles. The molecule has 1 fully saturated rings. The topological polar surface area (TPSA) is 95.3 Å². The van der Waals surface area contributed by atoms with E-state index in [0.717, 1.165) is 0 Å². The van der Waals surface area contributed by atoms with E-state index in [4.69, 9.17) is 20.8 Å². The summed E-state index contributed by atoms with van der Waals surface area (Å²) in [7, 11) is 1.63. The molecule has 1 unspecified atom stereocenters. The number of piperazine rings is 1. The van der Waals surface area contributed by atoms with Crippen molar-refractivity contribution in [2.45, 2.75) is 13.0 Å². The molecule has 2 aromatic rings. The van der Waals surface area contributed by atoms with Crippen molar-refractivity contribution in [3.05, 3.63) is 70.3 Å². The van der Waals surface area contributed by atoms with Crippen LogP contribution in [0.25, 0.3) is 0 Å². The number of ether oxygens (including phenoxy) is 1. The first-order chi connectivity index (χ1) is 16.4. The smallest absolute Gasteiger partial charge is 0.338 e. The van der Waals surface area contributed by atoms with E-state index in [9.17, 15) is 14.4 Å². The highest BCUT2D eigenvalue weighted by molar-refractivity contribution is 6.30. The molecule has 1 saturated heterocycles. The van der Waals surface area contributed by atoms with Gasteiger partial charge in [0.05, 0.1) is 24.5 Å². The number of hydrogen-bond donors (Lipinski definition) is 1. The van der Waals surface area contributed by atoms with Gasteiger partial charge in [0.25, 0.3) is 5.91 Å². The zero-order chi connectivity index (χ0) is 24.2. The number of amides is 3. The number of nitrogens with zero attached hydrogens (tertiary/aromatic N) is 3. The lowest BCUT2D eigenvalue weighted by molar-refractivity contribution is -0.139. The molecule has 4 rings (SSSR count). The molecule has 1 aromatic heterocycles. The number of nitrogens with one attached hydrogen (secondary N) is 1. The van der Waals surface area contributed by atoms with Gasteiger partial charge in [0.1, 0.15) is 0 Å². The van der Waals surface area contributed by atoms with Crippen LogP contribution in [0.4, 0.5) is 4.79 Å². The first kappa shape index (κ1) is 23.8. The molecule has 0 bridgehead atoms. The molecule has 34 heavy (non-hydrogen) atoms. The predicted octanol–water partition coefficient (Wildman–Crippen LogP) is 2.90. The summed E-state index contributed by atoms with van der Waals surface area (Å²) in [5.74, 6) is -0.318. The van der Waals surface area contributed by atoms with Gasteiger partial charge in [0.15, 0.2) is 5.76 Å². The maximum atomic E-state index is 13.1. The fourth-order valence-electron chi connectivity index (χ4n) is 4.21. The second kappa shape index (κ2) is 10.3. The SMILES string of the molecule is CCOC(=O)C1=C(CN2CCN(C(=O)c3ccco3)CC2)N(C)C(=O)NC1c1cccc(Cl)c1. The molecule has 3 amide bonds. The molecule has 0 saturated carbocycles. The average molecular weight is 487 g/mol. The molecule has 0 spiro atoms. The van der Waals surface area contributed by atoms with Gasteiger partial charge in [-0.3, -0.25) is 14.6 Å². The minimum absolute atomic E-state index is 0.147. The predicted molar refractivity (Wildman–Crippen MR) is 125 cm³/mol. The highest BCUT2D eigenvalue weighted by Crippen LogP contribution is 2.32. The van der Waals surface area contributed by atoms with Crippen LogP contribution in [0.1, 0.15) is 29.1 Å². The fraction of sp³-hybridized carbons (Fsp3) is 0.375. The Morgan fingerprint density at radius 3 is 2.59 bits per heavy atom. The lowest BCUT2D eigenvalue weighted by atomic mass is 9.94. The van der Waals surface area contributed by atoms with E-state index in [1.54, 1.807) is 49.2 Å². The van der Waals surface area contributed by atoms with E-state index in [1.165, 1.54) is 11.2 Å². The summed E-state index contributed by atoms with van der Waals surface area (Å²) in [5, 5.41) is 3.40.